The fourth-order valence-electron chi connectivity index (χ4n) is 0.936. The molecule has 0 aliphatic carbocycles. The normalized spacial score (nSPS) is 11.1. The number of carboxylic acids is 1. The first-order valence-corrected chi connectivity index (χ1v) is 5.06. The van der Waals surface area contributed by atoms with Gasteiger partial charge in [0.2, 0.25) is 5.75 Å². The molecule has 17 heavy (non-hydrogen) atoms. The standard InChI is InChI=1S/C8H5F3INO4/c1-16-6-5(17-8(9,10)11)3(12)2-4(13-6)7(14)15/h2H,1H3,(H,14,15). The molecule has 0 fully saturated rings. The maximum Gasteiger partial charge on any atom is 0.573 e. The Labute approximate surface area is 107 Å². The maximum atomic E-state index is 12.1. The minimum absolute atomic E-state index is 0.0656. The highest BCUT2D eigenvalue weighted by molar-refractivity contribution is 14.1. The van der Waals surface area contributed by atoms with Crippen LogP contribution in [0.2, 0.25) is 0 Å². The Morgan fingerprint density at radius 3 is 2.53 bits per heavy atom. The molecule has 1 aromatic heterocycles. The molecule has 0 radical (unpaired) electrons. The number of nitrogens with zero attached hydrogens (tertiary/aromatic N) is 1. The van der Waals surface area contributed by atoms with Crippen molar-refractivity contribution in [3.63, 3.8) is 0 Å². The van der Waals surface area contributed by atoms with Crippen molar-refractivity contribution >= 4 is 28.6 Å². The van der Waals surface area contributed by atoms with E-state index in [1.165, 1.54) is 22.6 Å². The van der Waals surface area contributed by atoms with Crippen LogP contribution in [0.4, 0.5) is 13.2 Å². The average Bonchev–Trinajstić information content (AvgIpc) is 2.18. The zero-order chi connectivity index (χ0) is 13.2. The number of carboxylic acid groups (broad SMARTS) is 1. The number of aromatic carboxylic acids is 1. The highest BCUT2D eigenvalue weighted by Gasteiger charge is 2.34. The topological polar surface area (TPSA) is 68.7 Å². The van der Waals surface area contributed by atoms with E-state index in [-0.39, 0.29) is 3.57 Å². The van der Waals surface area contributed by atoms with E-state index >= 15 is 0 Å². The van der Waals surface area contributed by atoms with Crippen LogP contribution >= 0.6 is 22.6 Å². The van der Waals surface area contributed by atoms with Crippen molar-refractivity contribution in [2.75, 3.05) is 7.11 Å². The third-order valence-corrected chi connectivity index (χ3v) is 2.33. The third-order valence-electron chi connectivity index (χ3n) is 1.53. The Bertz CT molecular complexity index is 449. The van der Waals surface area contributed by atoms with E-state index in [0.717, 1.165) is 13.2 Å². The van der Waals surface area contributed by atoms with Crippen LogP contribution in [0.25, 0.3) is 0 Å². The van der Waals surface area contributed by atoms with Crippen LogP contribution in [0.1, 0.15) is 10.5 Å². The van der Waals surface area contributed by atoms with Gasteiger partial charge in [-0.05, 0) is 28.7 Å². The molecule has 0 aliphatic heterocycles. The summed E-state index contributed by atoms with van der Waals surface area (Å²) in [4.78, 5) is 14.0. The van der Waals surface area contributed by atoms with E-state index in [1.54, 1.807) is 0 Å². The lowest BCUT2D eigenvalue weighted by Crippen LogP contribution is -2.19. The minimum Gasteiger partial charge on any atom is -0.478 e. The molecule has 94 valence electrons. The number of carbonyl (C=O) groups is 1. The number of pyridine rings is 1. The van der Waals surface area contributed by atoms with Gasteiger partial charge in [0.25, 0.3) is 5.88 Å². The van der Waals surface area contributed by atoms with Gasteiger partial charge in [-0.2, -0.15) is 0 Å². The highest BCUT2D eigenvalue weighted by atomic mass is 127. The first-order chi connectivity index (χ1) is 7.74. The molecule has 9 heteroatoms. The summed E-state index contributed by atoms with van der Waals surface area (Å²) in [5, 5.41) is 8.67. The smallest absolute Gasteiger partial charge is 0.478 e. The zero-order valence-electron chi connectivity index (χ0n) is 8.21. The molecule has 1 N–H and O–H groups in total. The summed E-state index contributed by atoms with van der Waals surface area (Å²) in [5.74, 6) is -2.57. The summed E-state index contributed by atoms with van der Waals surface area (Å²) in [6.07, 6.45) is -4.90. The molecule has 0 atom stereocenters. The van der Waals surface area contributed by atoms with Gasteiger partial charge >= 0.3 is 12.3 Å². The van der Waals surface area contributed by atoms with Gasteiger partial charge in [0, 0.05) is 0 Å². The van der Waals surface area contributed by atoms with Crippen LogP contribution < -0.4 is 9.47 Å². The molecular formula is C8H5F3INO4. The van der Waals surface area contributed by atoms with Gasteiger partial charge in [0.1, 0.15) is 0 Å². The maximum absolute atomic E-state index is 12.1. The van der Waals surface area contributed by atoms with Crippen molar-refractivity contribution in [1.29, 1.82) is 0 Å². The lowest BCUT2D eigenvalue weighted by Gasteiger charge is -2.13. The predicted molar refractivity (Wildman–Crippen MR) is 57.1 cm³/mol. The molecule has 0 spiro atoms. The first kappa shape index (κ1) is 13.8. The van der Waals surface area contributed by atoms with Gasteiger partial charge < -0.3 is 14.6 Å². The highest BCUT2D eigenvalue weighted by Crippen LogP contribution is 2.35. The summed E-state index contributed by atoms with van der Waals surface area (Å²) in [5.41, 5.74) is -0.430. The van der Waals surface area contributed by atoms with E-state index in [4.69, 9.17) is 5.11 Å². The number of alkyl halides is 3. The lowest BCUT2D eigenvalue weighted by molar-refractivity contribution is -0.275. The fraction of sp³-hybridized carbons (Fsp3) is 0.250. The first-order valence-electron chi connectivity index (χ1n) is 3.98. The SMILES string of the molecule is COc1nc(C(=O)O)cc(I)c1OC(F)(F)F. The summed E-state index contributed by atoms with van der Waals surface area (Å²) in [6.45, 7) is 0. The fourth-order valence-corrected chi connectivity index (χ4v) is 1.57. The molecule has 0 saturated carbocycles. The second-order valence-electron chi connectivity index (χ2n) is 2.68. The monoisotopic (exact) mass is 363 g/mol. The number of rotatable bonds is 3. The van der Waals surface area contributed by atoms with Crippen LogP contribution in [0.15, 0.2) is 6.07 Å². The molecule has 0 aliphatic rings. The van der Waals surface area contributed by atoms with Crippen molar-refractivity contribution in [2.45, 2.75) is 6.36 Å². The Hall–Kier alpha value is -1.26. The van der Waals surface area contributed by atoms with Gasteiger partial charge in [0.05, 0.1) is 10.7 Å². The molecule has 1 aromatic rings. The molecule has 0 saturated heterocycles. The van der Waals surface area contributed by atoms with Gasteiger partial charge in [-0.3, -0.25) is 0 Å². The largest absolute Gasteiger partial charge is 0.573 e. The molecule has 0 unspecified atom stereocenters. The molecule has 1 rings (SSSR count). The van der Waals surface area contributed by atoms with Gasteiger partial charge in [-0.1, -0.05) is 0 Å². The van der Waals surface area contributed by atoms with Crippen LogP contribution in [0.5, 0.6) is 11.6 Å². The van der Waals surface area contributed by atoms with Crippen molar-refractivity contribution in [1.82, 2.24) is 4.98 Å². The Morgan fingerprint density at radius 1 is 1.53 bits per heavy atom. The number of hydrogen-bond acceptors (Lipinski definition) is 4. The molecule has 0 amide bonds. The quantitative estimate of drug-likeness (QED) is 0.835. The minimum atomic E-state index is -4.90. The number of halogens is 4. The summed E-state index contributed by atoms with van der Waals surface area (Å²) < 4.78 is 44.4. The molecule has 0 aromatic carbocycles. The molecular weight excluding hydrogens is 358 g/mol. The van der Waals surface area contributed by atoms with Crippen molar-refractivity contribution in [3.8, 4) is 11.6 Å². The Kier molecular flexibility index (Phi) is 4.01. The van der Waals surface area contributed by atoms with E-state index in [9.17, 15) is 18.0 Å². The van der Waals surface area contributed by atoms with Crippen molar-refractivity contribution in [2.24, 2.45) is 0 Å². The Balaban J connectivity index is 3.26. The van der Waals surface area contributed by atoms with Gasteiger partial charge in [0.15, 0.2) is 5.69 Å². The lowest BCUT2D eigenvalue weighted by atomic mass is 10.3. The van der Waals surface area contributed by atoms with E-state index in [0.29, 0.717) is 0 Å². The predicted octanol–water partition coefficient (Wildman–Crippen LogP) is 2.29. The number of ether oxygens (including phenoxy) is 2. The summed E-state index contributed by atoms with van der Waals surface area (Å²) in [6, 6.07) is 0.951. The average molecular weight is 363 g/mol. The molecule has 5 nitrogen and oxygen atoms in total. The summed E-state index contributed by atoms with van der Waals surface area (Å²) in [7, 11) is 1.06. The van der Waals surface area contributed by atoms with Crippen molar-refractivity contribution in [3.05, 3.63) is 15.3 Å². The van der Waals surface area contributed by atoms with Crippen LogP contribution in [-0.4, -0.2) is 29.5 Å². The van der Waals surface area contributed by atoms with Crippen LogP contribution in [0, 0.1) is 3.57 Å². The van der Waals surface area contributed by atoms with E-state index < -0.39 is 29.7 Å². The van der Waals surface area contributed by atoms with Crippen LogP contribution in [-0.2, 0) is 0 Å². The Morgan fingerprint density at radius 2 is 2.12 bits per heavy atom. The van der Waals surface area contributed by atoms with Gasteiger partial charge in [-0.25, -0.2) is 9.78 Å². The van der Waals surface area contributed by atoms with E-state index in [2.05, 4.69) is 14.5 Å². The summed E-state index contributed by atoms with van der Waals surface area (Å²) >= 11 is 1.50. The van der Waals surface area contributed by atoms with Crippen molar-refractivity contribution < 1.29 is 32.5 Å². The van der Waals surface area contributed by atoms with E-state index in [1.807, 2.05) is 0 Å². The third kappa shape index (κ3) is 3.61. The molecule has 1 heterocycles. The van der Waals surface area contributed by atoms with Crippen LogP contribution in [0.3, 0.4) is 0 Å². The zero-order valence-corrected chi connectivity index (χ0v) is 10.4. The number of methoxy groups -OCH3 is 1. The number of aromatic nitrogens is 1. The van der Waals surface area contributed by atoms with Gasteiger partial charge in [-0.15, -0.1) is 13.2 Å². The molecule has 0 bridgehead atoms. The number of hydrogen-bond donors (Lipinski definition) is 1. The second-order valence-corrected chi connectivity index (χ2v) is 3.84. The second kappa shape index (κ2) is 4.94.